The molecular weight excluding hydrogens is 268 g/mol. The second kappa shape index (κ2) is 6.59. The Morgan fingerprint density at radius 2 is 2.24 bits per heavy atom. The fourth-order valence-corrected chi connectivity index (χ4v) is 2.41. The van der Waals surface area contributed by atoms with Crippen LogP contribution in [0.2, 0.25) is 0 Å². The van der Waals surface area contributed by atoms with Crippen molar-refractivity contribution in [3.8, 4) is 11.8 Å². The second-order valence-corrected chi connectivity index (χ2v) is 5.49. The predicted molar refractivity (Wildman–Crippen MR) is 77.6 cm³/mol. The number of β-amino-alcohol motifs (C(OH)–C–C–N with tert-alkyl or cyclic N) is 1. The molecule has 1 aliphatic heterocycles. The van der Waals surface area contributed by atoms with Gasteiger partial charge in [0.15, 0.2) is 6.10 Å². The number of nitrogens with zero attached hydrogens (tertiary/aromatic N) is 2. The highest BCUT2D eigenvalue weighted by Crippen LogP contribution is 2.21. The molecule has 3 unspecified atom stereocenters. The number of hydrogen-bond donors (Lipinski definition) is 1. The number of aliphatic hydroxyl groups excluding tert-OH is 1. The summed E-state index contributed by atoms with van der Waals surface area (Å²) in [5.74, 6) is 0.463. The second-order valence-electron chi connectivity index (χ2n) is 5.49. The van der Waals surface area contributed by atoms with Crippen molar-refractivity contribution in [1.29, 1.82) is 5.26 Å². The van der Waals surface area contributed by atoms with Crippen LogP contribution >= 0.6 is 0 Å². The van der Waals surface area contributed by atoms with Gasteiger partial charge in [0.1, 0.15) is 11.8 Å². The van der Waals surface area contributed by atoms with Crippen LogP contribution in [-0.2, 0) is 4.79 Å². The molecule has 1 fully saturated rings. The number of para-hydroxylation sites is 1. The first-order valence-electron chi connectivity index (χ1n) is 7.15. The van der Waals surface area contributed by atoms with Gasteiger partial charge in [0.2, 0.25) is 0 Å². The van der Waals surface area contributed by atoms with E-state index in [9.17, 15) is 9.90 Å². The molecule has 3 atom stereocenters. The Labute approximate surface area is 124 Å². The minimum Gasteiger partial charge on any atom is -0.480 e. The smallest absolute Gasteiger partial charge is 0.263 e. The first kappa shape index (κ1) is 15.3. The van der Waals surface area contributed by atoms with Crippen molar-refractivity contribution in [2.75, 3.05) is 13.1 Å². The zero-order chi connectivity index (χ0) is 15.4. The molecule has 1 N–H and O–H groups in total. The highest BCUT2D eigenvalue weighted by atomic mass is 16.5. The number of aliphatic hydroxyl groups is 1. The zero-order valence-electron chi connectivity index (χ0n) is 12.3. The number of piperidine rings is 1. The van der Waals surface area contributed by atoms with E-state index < -0.39 is 12.2 Å². The zero-order valence-corrected chi connectivity index (χ0v) is 12.3. The van der Waals surface area contributed by atoms with E-state index in [2.05, 4.69) is 0 Å². The molecule has 0 saturated carbocycles. The molecule has 5 nitrogen and oxygen atoms in total. The number of nitriles is 1. The van der Waals surface area contributed by atoms with Crippen molar-refractivity contribution >= 4 is 5.91 Å². The Kier molecular flexibility index (Phi) is 4.81. The van der Waals surface area contributed by atoms with Gasteiger partial charge < -0.3 is 14.7 Å². The number of amides is 1. The Bertz CT molecular complexity index is 553. The number of benzene rings is 1. The molecule has 1 heterocycles. The van der Waals surface area contributed by atoms with E-state index in [1.165, 1.54) is 0 Å². The molecule has 21 heavy (non-hydrogen) atoms. The van der Waals surface area contributed by atoms with Gasteiger partial charge in [-0.25, -0.2) is 0 Å². The van der Waals surface area contributed by atoms with E-state index in [4.69, 9.17) is 10.00 Å². The Morgan fingerprint density at radius 3 is 2.90 bits per heavy atom. The standard InChI is InChI=1S/C16H20N2O3/c1-11-7-8-18(10-14(11)19)16(20)12(2)21-15-6-4-3-5-13(15)9-17/h3-6,11-12,14,19H,7-8,10H2,1-2H3. The van der Waals surface area contributed by atoms with E-state index in [0.717, 1.165) is 6.42 Å². The summed E-state index contributed by atoms with van der Waals surface area (Å²) in [4.78, 5) is 14.0. The molecular formula is C16H20N2O3. The van der Waals surface area contributed by atoms with Crippen LogP contribution in [-0.4, -0.2) is 41.2 Å². The molecule has 0 aliphatic carbocycles. The number of ether oxygens (including phenoxy) is 1. The van der Waals surface area contributed by atoms with Gasteiger partial charge in [-0.2, -0.15) is 5.26 Å². The van der Waals surface area contributed by atoms with E-state index in [1.54, 1.807) is 36.1 Å². The highest BCUT2D eigenvalue weighted by molar-refractivity contribution is 5.81. The first-order valence-corrected chi connectivity index (χ1v) is 7.15. The van der Waals surface area contributed by atoms with E-state index in [0.29, 0.717) is 24.4 Å². The maximum Gasteiger partial charge on any atom is 0.263 e. The molecule has 2 rings (SSSR count). The van der Waals surface area contributed by atoms with Crippen LogP contribution in [0.5, 0.6) is 5.75 Å². The summed E-state index contributed by atoms with van der Waals surface area (Å²) in [6, 6.07) is 8.88. The van der Waals surface area contributed by atoms with Gasteiger partial charge in [-0.15, -0.1) is 0 Å². The topological polar surface area (TPSA) is 73.6 Å². The van der Waals surface area contributed by atoms with Gasteiger partial charge in [-0.3, -0.25) is 4.79 Å². The van der Waals surface area contributed by atoms with Crippen LogP contribution in [0.3, 0.4) is 0 Å². The molecule has 5 heteroatoms. The van der Waals surface area contributed by atoms with Gasteiger partial charge in [-0.05, 0) is 31.4 Å². The lowest BCUT2D eigenvalue weighted by Crippen LogP contribution is -2.49. The molecule has 0 radical (unpaired) electrons. The van der Waals surface area contributed by atoms with Crippen LogP contribution in [0.1, 0.15) is 25.8 Å². The molecule has 1 saturated heterocycles. The monoisotopic (exact) mass is 288 g/mol. The molecule has 1 aliphatic rings. The highest BCUT2D eigenvalue weighted by Gasteiger charge is 2.30. The number of hydrogen-bond acceptors (Lipinski definition) is 4. The minimum absolute atomic E-state index is 0.159. The summed E-state index contributed by atoms with van der Waals surface area (Å²) in [6.45, 7) is 4.62. The van der Waals surface area contributed by atoms with Crippen LogP contribution in [0, 0.1) is 17.2 Å². The lowest BCUT2D eigenvalue weighted by Gasteiger charge is -2.35. The van der Waals surface area contributed by atoms with Crippen LogP contribution < -0.4 is 4.74 Å². The predicted octanol–water partition coefficient (Wildman–Crippen LogP) is 1.55. The average Bonchev–Trinajstić information content (AvgIpc) is 2.49. The molecule has 1 amide bonds. The fourth-order valence-electron chi connectivity index (χ4n) is 2.41. The molecule has 0 aromatic heterocycles. The Balaban J connectivity index is 2.02. The van der Waals surface area contributed by atoms with Crippen LogP contribution in [0.4, 0.5) is 0 Å². The number of rotatable bonds is 3. The van der Waals surface area contributed by atoms with E-state index in [1.807, 2.05) is 13.0 Å². The Morgan fingerprint density at radius 1 is 1.52 bits per heavy atom. The summed E-state index contributed by atoms with van der Waals surface area (Å²) in [5.41, 5.74) is 0.407. The van der Waals surface area contributed by atoms with Gasteiger partial charge in [0, 0.05) is 13.1 Å². The van der Waals surface area contributed by atoms with Gasteiger partial charge >= 0.3 is 0 Å². The van der Waals surface area contributed by atoms with Crippen molar-refractivity contribution in [1.82, 2.24) is 4.90 Å². The SMILES string of the molecule is CC(Oc1ccccc1C#N)C(=O)N1CCC(C)C(O)C1. The maximum atomic E-state index is 12.4. The van der Waals surface area contributed by atoms with Gasteiger partial charge in [-0.1, -0.05) is 19.1 Å². The van der Waals surface area contributed by atoms with E-state index in [-0.39, 0.29) is 11.8 Å². The quantitative estimate of drug-likeness (QED) is 0.916. The summed E-state index contributed by atoms with van der Waals surface area (Å²) < 4.78 is 5.62. The van der Waals surface area contributed by atoms with E-state index >= 15 is 0 Å². The van der Waals surface area contributed by atoms with Crippen LogP contribution in [0.25, 0.3) is 0 Å². The lowest BCUT2D eigenvalue weighted by atomic mass is 9.96. The summed E-state index contributed by atoms with van der Waals surface area (Å²) in [6.07, 6.45) is -0.379. The molecule has 1 aromatic rings. The number of carbonyl (C=O) groups is 1. The molecule has 0 spiro atoms. The van der Waals surface area contributed by atoms with Crippen molar-refractivity contribution in [2.24, 2.45) is 5.92 Å². The van der Waals surface area contributed by atoms with Crippen LogP contribution in [0.15, 0.2) is 24.3 Å². The van der Waals surface area contributed by atoms with Crippen molar-refractivity contribution in [2.45, 2.75) is 32.5 Å². The third-order valence-corrected chi connectivity index (χ3v) is 3.89. The number of likely N-dealkylation sites (tertiary alicyclic amines) is 1. The van der Waals surface area contributed by atoms with Gasteiger partial charge in [0.05, 0.1) is 11.7 Å². The summed E-state index contributed by atoms with van der Waals surface area (Å²) >= 11 is 0. The van der Waals surface area contributed by atoms with Crippen molar-refractivity contribution in [3.05, 3.63) is 29.8 Å². The average molecular weight is 288 g/mol. The summed E-state index contributed by atoms with van der Waals surface area (Å²) in [7, 11) is 0. The van der Waals surface area contributed by atoms with Crippen molar-refractivity contribution in [3.63, 3.8) is 0 Å². The maximum absolute atomic E-state index is 12.4. The fraction of sp³-hybridized carbons (Fsp3) is 0.500. The lowest BCUT2D eigenvalue weighted by molar-refractivity contribution is -0.142. The number of carbonyl (C=O) groups excluding carboxylic acids is 1. The third kappa shape index (κ3) is 3.53. The third-order valence-electron chi connectivity index (χ3n) is 3.89. The normalized spacial score (nSPS) is 23.2. The Hall–Kier alpha value is -2.06. The summed E-state index contributed by atoms with van der Waals surface area (Å²) in [5, 5.41) is 18.9. The van der Waals surface area contributed by atoms with Gasteiger partial charge in [0.25, 0.3) is 5.91 Å². The molecule has 1 aromatic carbocycles. The largest absolute Gasteiger partial charge is 0.480 e. The molecule has 0 bridgehead atoms. The first-order chi connectivity index (χ1) is 10.0. The molecule has 112 valence electrons. The minimum atomic E-state index is -0.680. The van der Waals surface area contributed by atoms with Crippen molar-refractivity contribution < 1.29 is 14.6 Å².